The van der Waals surface area contributed by atoms with Crippen LogP contribution in [0.3, 0.4) is 0 Å². The molecule has 2 saturated carbocycles. The highest BCUT2D eigenvalue weighted by atomic mass is 32.2. The van der Waals surface area contributed by atoms with E-state index in [-0.39, 0.29) is 63.4 Å². The zero-order valence-electron chi connectivity index (χ0n) is 31.9. The number of Topliss-reactive ketones (excluding diaryl/α,β-unsaturated/α-hetero) is 1. The summed E-state index contributed by atoms with van der Waals surface area (Å²) in [4.78, 5) is 84.0. The average Bonchev–Trinajstić information content (AvgIpc) is 3.96. The second-order valence-corrected chi connectivity index (χ2v) is 18.4. The van der Waals surface area contributed by atoms with Crippen molar-refractivity contribution in [3.63, 3.8) is 0 Å². The van der Waals surface area contributed by atoms with Gasteiger partial charge in [-0.05, 0) is 83.9 Å². The van der Waals surface area contributed by atoms with Crippen molar-refractivity contribution in [2.45, 2.75) is 135 Å². The van der Waals surface area contributed by atoms with Gasteiger partial charge >= 0.3 is 12.1 Å². The van der Waals surface area contributed by atoms with Crippen LogP contribution in [0.15, 0.2) is 29.8 Å². The molecule has 1 saturated heterocycles. The van der Waals surface area contributed by atoms with E-state index in [1.165, 1.54) is 21.9 Å². The zero-order chi connectivity index (χ0) is 39.7. The van der Waals surface area contributed by atoms with Crippen molar-refractivity contribution < 1.29 is 51.0 Å². The second-order valence-electron chi connectivity index (χ2n) is 16.5. The van der Waals surface area contributed by atoms with Gasteiger partial charge < -0.3 is 14.4 Å². The minimum absolute atomic E-state index is 0.0178. The molecule has 1 aromatic rings. The summed E-state index contributed by atoms with van der Waals surface area (Å²) in [5.74, 6) is -4.55. The van der Waals surface area contributed by atoms with Crippen LogP contribution in [0.1, 0.15) is 110 Å². The fraction of sp³-hybridized carbons (Fsp3) is 0.641. The summed E-state index contributed by atoms with van der Waals surface area (Å²) in [6.45, 7) is 10.3. The number of nitrogens with zero attached hydrogens (tertiary/aromatic N) is 2. The number of nitrogens with one attached hydrogen (secondary N) is 1. The third-order valence-electron chi connectivity index (χ3n) is 10.6. The van der Waals surface area contributed by atoms with Crippen LogP contribution in [0, 0.1) is 23.1 Å². The van der Waals surface area contributed by atoms with Crippen LogP contribution in [-0.4, -0.2) is 83.2 Å². The Morgan fingerprint density at radius 3 is 2.39 bits per heavy atom. The van der Waals surface area contributed by atoms with Crippen molar-refractivity contribution in [1.29, 1.82) is 0 Å². The SMILES string of the molecule is CC[C@@H]1C[C@]1(CC(=O)[C@@H]1CC(OC(=O)N2Cc3cccc(F)c3C2)CN1C(=O)[C@H](CCC(=O)C=C(C)C)CC(=O)OC(C)(C)C)C(=O)NS(=O)(=O)C1CC1. The van der Waals surface area contributed by atoms with Crippen molar-refractivity contribution in [3.05, 3.63) is 46.8 Å². The van der Waals surface area contributed by atoms with Crippen molar-refractivity contribution in [1.82, 2.24) is 14.5 Å². The van der Waals surface area contributed by atoms with E-state index in [1.807, 2.05) is 6.92 Å². The predicted octanol–water partition coefficient (Wildman–Crippen LogP) is 4.89. The number of hydrogen-bond acceptors (Lipinski definition) is 10. The Balaban J connectivity index is 1.39. The number of esters is 1. The van der Waals surface area contributed by atoms with Gasteiger partial charge in [0.05, 0.1) is 36.2 Å². The molecule has 1 N–H and O–H groups in total. The maximum atomic E-state index is 14.5. The van der Waals surface area contributed by atoms with Crippen LogP contribution in [0.2, 0.25) is 0 Å². The van der Waals surface area contributed by atoms with Crippen molar-refractivity contribution in [2.24, 2.45) is 17.3 Å². The molecular formula is C39H52FN3O10S. The molecule has 15 heteroatoms. The number of carbonyl (C=O) groups is 6. The summed E-state index contributed by atoms with van der Waals surface area (Å²) in [6, 6.07) is 3.40. The van der Waals surface area contributed by atoms with E-state index in [0.29, 0.717) is 36.8 Å². The third kappa shape index (κ3) is 9.74. The molecule has 2 heterocycles. The number of hydrogen-bond donors (Lipinski definition) is 1. The molecule has 0 bridgehead atoms. The van der Waals surface area contributed by atoms with Crippen LogP contribution in [-0.2, 0) is 56.6 Å². The Hall–Kier alpha value is -4.14. The van der Waals surface area contributed by atoms with Crippen LogP contribution < -0.4 is 4.72 Å². The molecule has 4 aliphatic rings. The van der Waals surface area contributed by atoms with Gasteiger partial charge in [-0.2, -0.15) is 0 Å². The molecule has 5 rings (SSSR count). The molecule has 13 nitrogen and oxygen atoms in total. The highest BCUT2D eigenvalue weighted by Crippen LogP contribution is 2.58. The summed E-state index contributed by atoms with van der Waals surface area (Å²) < 4.78 is 53.4. The van der Waals surface area contributed by atoms with E-state index >= 15 is 0 Å². The number of carbonyl (C=O) groups excluding carboxylic acids is 6. The van der Waals surface area contributed by atoms with Crippen LogP contribution in [0.5, 0.6) is 0 Å². The number of halogens is 1. The Kier molecular flexibility index (Phi) is 12.1. The number of fused-ring (bicyclic) bond motifs is 1. The molecule has 0 aromatic heterocycles. The maximum absolute atomic E-state index is 14.5. The van der Waals surface area contributed by atoms with Crippen molar-refractivity contribution in [3.8, 4) is 0 Å². The quantitative estimate of drug-likeness (QED) is 0.191. The Morgan fingerprint density at radius 2 is 1.80 bits per heavy atom. The maximum Gasteiger partial charge on any atom is 0.410 e. The summed E-state index contributed by atoms with van der Waals surface area (Å²) in [5.41, 5.74) is -0.357. The van der Waals surface area contributed by atoms with E-state index in [4.69, 9.17) is 9.47 Å². The molecule has 1 aromatic carbocycles. The summed E-state index contributed by atoms with van der Waals surface area (Å²) >= 11 is 0. The Morgan fingerprint density at radius 1 is 1.09 bits per heavy atom. The second kappa shape index (κ2) is 15.9. The number of benzene rings is 1. The molecular weight excluding hydrogens is 722 g/mol. The lowest BCUT2D eigenvalue weighted by Gasteiger charge is -2.29. The lowest BCUT2D eigenvalue weighted by molar-refractivity contribution is -0.159. The van der Waals surface area contributed by atoms with Gasteiger partial charge in [0.2, 0.25) is 21.8 Å². The molecule has 3 fully saturated rings. The van der Waals surface area contributed by atoms with Gasteiger partial charge in [-0.15, -0.1) is 0 Å². The Bertz CT molecular complexity index is 1830. The highest BCUT2D eigenvalue weighted by Gasteiger charge is 2.61. The van der Waals surface area contributed by atoms with Crippen LogP contribution >= 0.6 is 0 Å². The number of rotatable bonds is 15. The zero-order valence-corrected chi connectivity index (χ0v) is 32.8. The van der Waals surface area contributed by atoms with Gasteiger partial charge in [0.1, 0.15) is 17.5 Å². The number of likely N-dealkylation sites (tertiary alicyclic amines) is 1. The van der Waals surface area contributed by atoms with Gasteiger partial charge in [-0.25, -0.2) is 17.6 Å². The predicted molar refractivity (Wildman–Crippen MR) is 194 cm³/mol. The van der Waals surface area contributed by atoms with Crippen molar-refractivity contribution >= 4 is 45.5 Å². The van der Waals surface area contributed by atoms with E-state index in [9.17, 15) is 41.6 Å². The number of ketones is 2. The number of allylic oxidation sites excluding steroid dienone is 2. The van der Waals surface area contributed by atoms with E-state index < -0.39 is 79.8 Å². The summed E-state index contributed by atoms with van der Waals surface area (Å²) in [7, 11) is -3.89. The van der Waals surface area contributed by atoms with Crippen molar-refractivity contribution in [2.75, 3.05) is 6.54 Å². The lowest BCUT2D eigenvalue weighted by Crippen LogP contribution is -2.46. The van der Waals surface area contributed by atoms with E-state index in [2.05, 4.69) is 4.72 Å². The molecule has 1 unspecified atom stereocenters. The normalized spacial score (nSPS) is 23.9. The number of sulfonamides is 1. The first-order chi connectivity index (χ1) is 25.2. The molecule has 0 radical (unpaired) electrons. The molecule has 2 aliphatic carbocycles. The third-order valence-corrected chi connectivity index (χ3v) is 12.4. The first kappa shape index (κ1) is 41.0. The topological polar surface area (TPSA) is 174 Å². The standard InChI is InChI=1S/C39H52FN3O10S/c1-7-26-18-39(26,36(48)41-54(50,51)29-13-14-29)19-33(45)32-17-28(52-37(49)42-20-25-9-8-10-31(40)30(25)22-42)21-43(32)35(47)24(11-12-27(44)15-23(2)3)16-34(46)53-38(4,5)6/h8-10,15,24,26,28-29,32H,7,11-14,16-22H2,1-6H3,(H,41,48)/t24-,26-,28?,32+,39-/m1/s1. The summed E-state index contributed by atoms with van der Waals surface area (Å²) in [5, 5.41) is -0.642. The average molecular weight is 774 g/mol. The lowest BCUT2D eigenvalue weighted by atomic mass is 9.90. The smallest absolute Gasteiger partial charge is 0.410 e. The first-order valence-corrected chi connectivity index (χ1v) is 20.3. The monoisotopic (exact) mass is 773 g/mol. The van der Waals surface area contributed by atoms with Gasteiger partial charge in [-0.3, -0.25) is 33.6 Å². The van der Waals surface area contributed by atoms with Gasteiger partial charge in [-0.1, -0.05) is 31.1 Å². The number of ether oxygens (including phenoxy) is 2. The van der Waals surface area contributed by atoms with Gasteiger partial charge in [0.25, 0.3) is 0 Å². The highest BCUT2D eigenvalue weighted by molar-refractivity contribution is 7.90. The first-order valence-electron chi connectivity index (χ1n) is 18.7. The van der Waals surface area contributed by atoms with E-state index in [1.54, 1.807) is 46.8 Å². The molecule has 3 amide bonds. The molecule has 5 atom stereocenters. The van der Waals surface area contributed by atoms with Crippen LogP contribution in [0.4, 0.5) is 9.18 Å². The van der Waals surface area contributed by atoms with Crippen LogP contribution in [0.25, 0.3) is 0 Å². The van der Waals surface area contributed by atoms with E-state index in [0.717, 1.165) is 5.57 Å². The van der Waals surface area contributed by atoms with Gasteiger partial charge in [0.15, 0.2) is 11.6 Å². The molecule has 0 spiro atoms. The minimum Gasteiger partial charge on any atom is -0.460 e. The minimum atomic E-state index is -3.89. The fourth-order valence-corrected chi connectivity index (χ4v) is 9.00. The largest absolute Gasteiger partial charge is 0.460 e. The Labute approximate surface area is 316 Å². The molecule has 2 aliphatic heterocycles. The summed E-state index contributed by atoms with van der Waals surface area (Å²) in [6.07, 6.45) is 0.517. The fourth-order valence-electron chi connectivity index (χ4n) is 7.61. The van der Waals surface area contributed by atoms with Gasteiger partial charge in [0, 0.05) is 37.3 Å². The molecule has 296 valence electrons. The molecule has 54 heavy (non-hydrogen) atoms. The number of amides is 3.